The highest BCUT2D eigenvalue weighted by Gasteiger charge is 2.16. The maximum atomic E-state index is 12.3. The van der Waals surface area contributed by atoms with Crippen LogP contribution in [0.2, 0.25) is 10.0 Å². The summed E-state index contributed by atoms with van der Waals surface area (Å²) in [4.78, 5) is 14.5. The maximum absolute atomic E-state index is 12.3. The molecular weight excluding hydrogens is 373 g/mol. The van der Waals surface area contributed by atoms with Gasteiger partial charge in [0.25, 0.3) is 0 Å². The third kappa shape index (κ3) is 5.27. The Morgan fingerprint density at radius 2 is 1.85 bits per heavy atom. The third-order valence-electron chi connectivity index (χ3n) is 4.15. The predicted octanol–water partition coefficient (Wildman–Crippen LogP) is 4.19. The van der Waals surface area contributed by atoms with Gasteiger partial charge in [-0.05, 0) is 42.3 Å². The molecule has 0 atom stereocenters. The van der Waals surface area contributed by atoms with E-state index < -0.39 is 0 Å². The molecule has 5 nitrogen and oxygen atoms in total. The van der Waals surface area contributed by atoms with E-state index in [1.165, 1.54) is 0 Å². The zero-order chi connectivity index (χ0) is 18.4. The summed E-state index contributed by atoms with van der Waals surface area (Å²) >= 11 is 12.1. The normalized spacial score (nSPS) is 14.2. The van der Waals surface area contributed by atoms with Crippen molar-refractivity contribution in [2.75, 3.05) is 43.1 Å². The molecule has 2 amide bonds. The first-order chi connectivity index (χ1) is 12.6. The molecular formula is C19H21Cl2N3O2. The van der Waals surface area contributed by atoms with Gasteiger partial charge in [0.15, 0.2) is 0 Å². The van der Waals surface area contributed by atoms with E-state index in [2.05, 4.69) is 15.5 Å². The second-order valence-corrected chi connectivity index (χ2v) is 6.89. The summed E-state index contributed by atoms with van der Waals surface area (Å²) in [6, 6.07) is 12.9. The zero-order valence-corrected chi connectivity index (χ0v) is 15.8. The van der Waals surface area contributed by atoms with Gasteiger partial charge < -0.3 is 20.3 Å². The van der Waals surface area contributed by atoms with Gasteiger partial charge in [0.2, 0.25) is 0 Å². The van der Waals surface area contributed by atoms with Gasteiger partial charge in [-0.1, -0.05) is 35.3 Å². The summed E-state index contributed by atoms with van der Waals surface area (Å²) in [5, 5.41) is 7.05. The molecule has 2 N–H and O–H groups in total. The number of nitrogens with one attached hydrogen (secondary N) is 2. The van der Waals surface area contributed by atoms with Gasteiger partial charge in [-0.15, -0.1) is 0 Å². The van der Waals surface area contributed by atoms with Crippen LogP contribution in [0.1, 0.15) is 5.56 Å². The van der Waals surface area contributed by atoms with Crippen LogP contribution in [-0.2, 0) is 11.2 Å². The fraction of sp³-hybridized carbons (Fsp3) is 0.316. The van der Waals surface area contributed by atoms with Gasteiger partial charge in [-0.3, -0.25) is 0 Å². The largest absolute Gasteiger partial charge is 0.378 e. The van der Waals surface area contributed by atoms with Crippen LogP contribution >= 0.6 is 23.2 Å². The summed E-state index contributed by atoms with van der Waals surface area (Å²) in [7, 11) is 0. The monoisotopic (exact) mass is 393 g/mol. The van der Waals surface area contributed by atoms with Crippen LogP contribution in [0.3, 0.4) is 0 Å². The molecule has 0 unspecified atom stereocenters. The summed E-state index contributed by atoms with van der Waals surface area (Å²) < 4.78 is 5.39. The molecule has 0 aliphatic carbocycles. The maximum Gasteiger partial charge on any atom is 0.319 e. The van der Waals surface area contributed by atoms with E-state index >= 15 is 0 Å². The Kier molecular flexibility index (Phi) is 6.61. The number of urea groups is 1. The topological polar surface area (TPSA) is 53.6 Å². The quantitative estimate of drug-likeness (QED) is 0.800. The molecule has 1 aliphatic heterocycles. The number of hydrogen-bond donors (Lipinski definition) is 2. The van der Waals surface area contributed by atoms with Gasteiger partial charge in [0.05, 0.1) is 24.6 Å². The summed E-state index contributed by atoms with van der Waals surface area (Å²) in [5.41, 5.74) is 2.72. The minimum atomic E-state index is -0.260. The second kappa shape index (κ2) is 9.12. The number of nitrogens with zero attached hydrogens (tertiary/aromatic N) is 1. The lowest BCUT2D eigenvalue weighted by Gasteiger charge is -2.30. The number of anilines is 2. The molecule has 3 rings (SSSR count). The van der Waals surface area contributed by atoms with Crippen LogP contribution < -0.4 is 15.5 Å². The molecule has 0 spiro atoms. The number of carbonyl (C=O) groups is 1. The Morgan fingerprint density at radius 1 is 1.08 bits per heavy atom. The van der Waals surface area contributed by atoms with E-state index in [4.69, 9.17) is 27.9 Å². The molecule has 1 heterocycles. The summed E-state index contributed by atoms with van der Waals surface area (Å²) in [5.74, 6) is 0. The second-order valence-electron chi connectivity index (χ2n) is 6.02. The number of amides is 2. The Labute approximate surface area is 163 Å². The van der Waals surface area contributed by atoms with Crippen LogP contribution in [0.4, 0.5) is 16.2 Å². The fourth-order valence-corrected chi connectivity index (χ4v) is 3.25. The van der Waals surface area contributed by atoms with Crippen molar-refractivity contribution in [3.05, 3.63) is 58.1 Å². The summed E-state index contributed by atoms with van der Waals surface area (Å²) in [6.45, 7) is 3.43. The Balaban J connectivity index is 1.58. The van der Waals surface area contributed by atoms with Crippen LogP contribution in [0.15, 0.2) is 42.5 Å². The molecule has 0 saturated carbocycles. The smallest absolute Gasteiger partial charge is 0.319 e. The first-order valence-electron chi connectivity index (χ1n) is 8.53. The van der Waals surface area contributed by atoms with E-state index in [0.717, 1.165) is 24.3 Å². The highest BCUT2D eigenvalue weighted by atomic mass is 35.5. The number of halogens is 2. The van der Waals surface area contributed by atoms with E-state index in [-0.39, 0.29) is 6.03 Å². The molecule has 1 fully saturated rings. The third-order valence-corrected chi connectivity index (χ3v) is 4.62. The lowest BCUT2D eigenvalue weighted by molar-refractivity contribution is 0.123. The van der Waals surface area contributed by atoms with Gasteiger partial charge in [-0.2, -0.15) is 0 Å². The van der Waals surface area contributed by atoms with Crippen molar-refractivity contribution in [1.82, 2.24) is 5.32 Å². The van der Waals surface area contributed by atoms with Crippen molar-refractivity contribution in [2.24, 2.45) is 0 Å². The standard InChI is InChI=1S/C19H21Cl2N3O2/c20-15-3-1-2-14(12-15)6-7-22-19(25)23-17-13-16(21)4-5-18(17)24-8-10-26-11-9-24/h1-5,12-13H,6-11H2,(H2,22,23,25). The van der Waals surface area contributed by atoms with Crippen LogP contribution in [-0.4, -0.2) is 38.9 Å². The van der Waals surface area contributed by atoms with Gasteiger partial charge in [0, 0.05) is 29.7 Å². The molecule has 0 radical (unpaired) electrons. The molecule has 2 aromatic carbocycles. The van der Waals surface area contributed by atoms with Gasteiger partial charge >= 0.3 is 6.03 Å². The van der Waals surface area contributed by atoms with Gasteiger partial charge in [-0.25, -0.2) is 4.79 Å². The zero-order valence-electron chi connectivity index (χ0n) is 14.3. The van der Waals surface area contributed by atoms with Crippen molar-refractivity contribution in [2.45, 2.75) is 6.42 Å². The Hall–Kier alpha value is -1.95. The van der Waals surface area contributed by atoms with Gasteiger partial charge in [0.1, 0.15) is 0 Å². The van der Waals surface area contributed by atoms with Crippen molar-refractivity contribution in [3.63, 3.8) is 0 Å². The number of benzene rings is 2. The first kappa shape index (κ1) is 18.8. The predicted molar refractivity (Wildman–Crippen MR) is 107 cm³/mol. The van der Waals surface area contributed by atoms with Crippen LogP contribution in [0.25, 0.3) is 0 Å². The van der Waals surface area contributed by atoms with Crippen LogP contribution in [0.5, 0.6) is 0 Å². The SMILES string of the molecule is O=C(NCCc1cccc(Cl)c1)Nc1cc(Cl)ccc1N1CCOCC1. The van der Waals surface area contributed by atoms with Crippen molar-refractivity contribution in [3.8, 4) is 0 Å². The molecule has 26 heavy (non-hydrogen) atoms. The number of rotatable bonds is 5. The van der Waals surface area contributed by atoms with Crippen molar-refractivity contribution < 1.29 is 9.53 Å². The lowest BCUT2D eigenvalue weighted by Crippen LogP contribution is -2.37. The molecule has 0 bridgehead atoms. The summed E-state index contributed by atoms with van der Waals surface area (Å²) in [6.07, 6.45) is 0.708. The molecule has 2 aromatic rings. The molecule has 1 saturated heterocycles. The van der Waals surface area contributed by atoms with Crippen LogP contribution in [0, 0.1) is 0 Å². The molecule has 0 aromatic heterocycles. The van der Waals surface area contributed by atoms with E-state index in [1.54, 1.807) is 6.07 Å². The Bertz CT molecular complexity index is 764. The minimum Gasteiger partial charge on any atom is -0.378 e. The average Bonchev–Trinajstić information content (AvgIpc) is 2.63. The number of carbonyl (C=O) groups excluding carboxylic acids is 1. The van der Waals surface area contributed by atoms with E-state index in [9.17, 15) is 4.79 Å². The van der Waals surface area contributed by atoms with Crippen molar-refractivity contribution >= 4 is 40.6 Å². The van der Waals surface area contributed by atoms with E-state index in [1.807, 2.05) is 36.4 Å². The molecule has 1 aliphatic rings. The van der Waals surface area contributed by atoms with Crippen molar-refractivity contribution in [1.29, 1.82) is 0 Å². The number of ether oxygens (including phenoxy) is 1. The average molecular weight is 394 g/mol. The fourth-order valence-electron chi connectivity index (χ4n) is 2.87. The van der Waals surface area contributed by atoms with E-state index in [0.29, 0.717) is 41.9 Å². The Morgan fingerprint density at radius 3 is 2.62 bits per heavy atom. The lowest BCUT2D eigenvalue weighted by atomic mass is 10.1. The molecule has 138 valence electrons. The first-order valence-corrected chi connectivity index (χ1v) is 9.29. The number of hydrogen-bond acceptors (Lipinski definition) is 3. The highest BCUT2D eigenvalue weighted by molar-refractivity contribution is 6.31. The minimum absolute atomic E-state index is 0.260. The molecule has 7 heteroatoms. The highest BCUT2D eigenvalue weighted by Crippen LogP contribution is 2.29. The number of morpholine rings is 1.